The largest absolute Gasteiger partial charge is 0.480 e. The van der Waals surface area contributed by atoms with E-state index in [1.807, 2.05) is 0 Å². The second-order valence-corrected chi connectivity index (χ2v) is 4.95. The first-order chi connectivity index (χ1) is 6.36. The van der Waals surface area contributed by atoms with Gasteiger partial charge < -0.3 is 5.11 Å². The number of carboxylic acids is 1. The Labute approximate surface area is 84.0 Å². The van der Waals surface area contributed by atoms with Gasteiger partial charge in [-0.05, 0) is 5.92 Å². The van der Waals surface area contributed by atoms with Crippen molar-refractivity contribution in [3.8, 4) is 0 Å². The van der Waals surface area contributed by atoms with Crippen molar-refractivity contribution < 1.29 is 22.9 Å². The number of hydrogen-bond acceptors (Lipinski definition) is 2. The third kappa shape index (κ3) is 4.64. The third-order valence-electron chi connectivity index (χ3n) is 1.67. The highest BCUT2D eigenvalue weighted by molar-refractivity contribution is 7.86. The molecule has 2 atom stereocenters. The molecule has 0 aromatic carbocycles. The minimum Gasteiger partial charge on any atom is -0.480 e. The summed E-state index contributed by atoms with van der Waals surface area (Å²) in [5.74, 6) is -1.76. The fourth-order valence-electron chi connectivity index (χ4n) is 1.03. The summed E-state index contributed by atoms with van der Waals surface area (Å²) >= 11 is 0. The monoisotopic (exact) mass is 228 g/mol. The predicted molar refractivity (Wildman–Crippen MR) is 49.9 cm³/mol. The number of alkyl halides is 2. The van der Waals surface area contributed by atoms with Crippen molar-refractivity contribution in [2.24, 2.45) is 5.92 Å². The number of aliphatic carboxylic acids is 1. The van der Waals surface area contributed by atoms with E-state index in [0.29, 0.717) is 0 Å². The van der Waals surface area contributed by atoms with E-state index in [2.05, 4.69) is 0 Å². The van der Waals surface area contributed by atoms with Crippen LogP contribution in [0.4, 0.5) is 8.78 Å². The molecule has 0 aromatic heterocycles. The molecule has 6 heteroatoms. The maximum absolute atomic E-state index is 11.8. The van der Waals surface area contributed by atoms with Crippen LogP contribution in [-0.2, 0) is 15.6 Å². The van der Waals surface area contributed by atoms with Crippen LogP contribution in [0.5, 0.6) is 0 Å². The van der Waals surface area contributed by atoms with Gasteiger partial charge in [-0.2, -0.15) is 0 Å². The fourth-order valence-corrected chi connectivity index (χ4v) is 2.53. The zero-order valence-electron chi connectivity index (χ0n) is 8.07. The molecule has 0 fully saturated rings. The van der Waals surface area contributed by atoms with Crippen LogP contribution in [0, 0.1) is 5.92 Å². The lowest BCUT2D eigenvalue weighted by atomic mass is 10.1. The van der Waals surface area contributed by atoms with E-state index < -0.39 is 34.9 Å². The van der Waals surface area contributed by atoms with Gasteiger partial charge in [0.25, 0.3) is 0 Å². The Hall–Kier alpha value is -0.520. The van der Waals surface area contributed by atoms with E-state index in [9.17, 15) is 17.8 Å². The minimum atomic E-state index is -2.53. The molecule has 1 N–H and O–H groups in total. The van der Waals surface area contributed by atoms with Crippen molar-refractivity contribution >= 4 is 16.8 Å². The van der Waals surface area contributed by atoms with Gasteiger partial charge >= 0.3 is 5.97 Å². The molecular weight excluding hydrogens is 214 g/mol. The van der Waals surface area contributed by atoms with Crippen molar-refractivity contribution in [2.45, 2.75) is 31.9 Å². The van der Waals surface area contributed by atoms with Crippen LogP contribution in [0.1, 0.15) is 20.3 Å². The van der Waals surface area contributed by atoms with Crippen molar-refractivity contribution in [3.05, 3.63) is 0 Å². The first-order valence-corrected chi connectivity index (χ1v) is 5.62. The highest BCUT2D eigenvalue weighted by atomic mass is 32.2. The van der Waals surface area contributed by atoms with Gasteiger partial charge in [0.05, 0.1) is 0 Å². The van der Waals surface area contributed by atoms with Crippen molar-refractivity contribution in [1.29, 1.82) is 0 Å². The summed E-state index contributed by atoms with van der Waals surface area (Å²) in [6.45, 7) is 3.22. The highest BCUT2D eigenvalue weighted by Gasteiger charge is 2.28. The molecule has 84 valence electrons. The molecule has 0 aromatic rings. The zero-order valence-corrected chi connectivity index (χ0v) is 8.89. The summed E-state index contributed by atoms with van der Waals surface area (Å²) in [5, 5.41) is 7.65. The minimum absolute atomic E-state index is 0.257. The lowest BCUT2D eigenvalue weighted by Gasteiger charge is -2.15. The SMILES string of the molecule is CC(C)C(C(=O)O)S(=O)CCC(F)F. The fraction of sp³-hybridized carbons (Fsp3) is 0.875. The zero-order chi connectivity index (χ0) is 11.3. The Morgan fingerprint density at radius 2 is 1.93 bits per heavy atom. The number of rotatable bonds is 6. The summed E-state index contributed by atoms with van der Waals surface area (Å²) in [6.07, 6.45) is -3.04. The second kappa shape index (κ2) is 6.06. The van der Waals surface area contributed by atoms with Gasteiger partial charge in [0.15, 0.2) is 0 Å². The summed E-state index contributed by atoms with van der Waals surface area (Å²) in [5.41, 5.74) is 0. The average Bonchev–Trinajstić information content (AvgIpc) is 1.99. The van der Waals surface area contributed by atoms with Crippen molar-refractivity contribution in [1.82, 2.24) is 0 Å². The smallest absolute Gasteiger partial charge is 0.319 e. The third-order valence-corrected chi connectivity index (χ3v) is 3.62. The lowest BCUT2D eigenvalue weighted by Crippen LogP contribution is -2.32. The van der Waals surface area contributed by atoms with E-state index in [4.69, 9.17) is 5.11 Å². The van der Waals surface area contributed by atoms with Gasteiger partial charge in [0.2, 0.25) is 6.43 Å². The van der Waals surface area contributed by atoms with E-state index in [1.165, 1.54) is 0 Å². The normalized spacial score (nSPS) is 15.9. The van der Waals surface area contributed by atoms with E-state index >= 15 is 0 Å². The van der Waals surface area contributed by atoms with Crippen LogP contribution < -0.4 is 0 Å². The van der Waals surface area contributed by atoms with E-state index in [-0.39, 0.29) is 11.7 Å². The van der Waals surface area contributed by atoms with Crippen LogP contribution in [0.15, 0.2) is 0 Å². The number of halogens is 2. The molecule has 0 rings (SSSR count). The molecule has 0 amide bonds. The average molecular weight is 228 g/mol. The molecule has 2 unspecified atom stereocenters. The Morgan fingerprint density at radius 1 is 1.43 bits per heavy atom. The van der Waals surface area contributed by atoms with Crippen molar-refractivity contribution in [2.75, 3.05) is 5.75 Å². The van der Waals surface area contributed by atoms with Crippen LogP contribution in [0.25, 0.3) is 0 Å². The van der Waals surface area contributed by atoms with Crippen molar-refractivity contribution in [3.63, 3.8) is 0 Å². The summed E-state index contributed by atoms with van der Waals surface area (Å²) in [6, 6.07) is 0. The Kier molecular flexibility index (Phi) is 5.83. The summed E-state index contributed by atoms with van der Waals surface area (Å²) in [4.78, 5) is 10.6. The Morgan fingerprint density at radius 3 is 2.21 bits per heavy atom. The summed E-state index contributed by atoms with van der Waals surface area (Å²) < 4.78 is 34.9. The summed E-state index contributed by atoms with van der Waals surface area (Å²) in [7, 11) is -1.72. The first kappa shape index (κ1) is 13.5. The van der Waals surface area contributed by atoms with Gasteiger partial charge in [0, 0.05) is 23.0 Å². The molecule has 3 nitrogen and oxygen atoms in total. The number of hydrogen-bond donors (Lipinski definition) is 1. The molecule has 0 heterocycles. The van der Waals surface area contributed by atoms with Crippen LogP contribution in [-0.4, -0.2) is 32.7 Å². The molecule has 0 saturated heterocycles. The highest BCUT2D eigenvalue weighted by Crippen LogP contribution is 2.12. The molecular formula is C8H14F2O3S. The van der Waals surface area contributed by atoms with Gasteiger partial charge in [-0.25, -0.2) is 8.78 Å². The van der Waals surface area contributed by atoms with E-state index in [1.54, 1.807) is 13.8 Å². The molecule has 0 aliphatic heterocycles. The van der Waals surface area contributed by atoms with Gasteiger partial charge in [-0.15, -0.1) is 0 Å². The number of carbonyl (C=O) groups is 1. The predicted octanol–water partition coefficient (Wildman–Crippen LogP) is 1.50. The Balaban J connectivity index is 4.24. The second-order valence-electron chi connectivity index (χ2n) is 3.27. The van der Waals surface area contributed by atoms with Crippen LogP contribution >= 0.6 is 0 Å². The molecule has 0 aliphatic rings. The maximum atomic E-state index is 11.8. The molecule has 0 spiro atoms. The first-order valence-electron chi connectivity index (χ1n) is 4.24. The Bertz CT molecular complexity index is 219. The maximum Gasteiger partial charge on any atom is 0.319 e. The molecule has 14 heavy (non-hydrogen) atoms. The molecule has 0 radical (unpaired) electrons. The quantitative estimate of drug-likeness (QED) is 0.749. The van der Waals surface area contributed by atoms with Gasteiger partial charge in [0.1, 0.15) is 5.25 Å². The van der Waals surface area contributed by atoms with Crippen LogP contribution in [0.2, 0.25) is 0 Å². The molecule has 0 saturated carbocycles. The van der Waals surface area contributed by atoms with Crippen LogP contribution in [0.3, 0.4) is 0 Å². The topological polar surface area (TPSA) is 54.4 Å². The van der Waals surface area contributed by atoms with Gasteiger partial charge in [-0.3, -0.25) is 9.00 Å². The molecule has 0 bridgehead atoms. The standard InChI is InChI=1S/C8H14F2O3S/c1-5(2)7(8(11)12)14(13)4-3-6(9)10/h5-7H,3-4H2,1-2H3,(H,11,12). The van der Waals surface area contributed by atoms with E-state index in [0.717, 1.165) is 0 Å². The number of carboxylic acid groups (broad SMARTS) is 1. The lowest BCUT2D eigenvalue weighted by molar-refractivity contribution is -0.137. The van der Waals surface area contributed by atoms with Gasteiger partial charge in [-0.1, -0.05) is 13.8 Å². The molecule has 0 aliphatic carbocycles.